The zero-order valence-corrected chi connectivity index (χ0v) is 100. The van der Waals surface area contributed by atoms with Crippen molar-refractivity contribution in [1.29, 1.82) is 0 Å². The van der Waals surface area contributed by atoms with Crippen LogP contribution in [0.1, 0.15) is 600 Å². The standard InChI is InChI=1S/C14H28.C12H24.C11H22.2C10H21N.2C10H20.2C9H19N.9C3H8/c1-12(2)14(13(3,4)5)10-8-6-7-9-11-14;1-10(2)12(11(3)4)8-6-5-7-9-12;1-9(2)11(10(3)4)7-5-6-8-11;1-8(2)10(9(3)4)5-6-11-7-10;1-8(2)10(9(3)4)6-5-7-11-10;1-8(2)10(6-7-10)9(3,4)5;1-8(2)10(9(3)4)6-5-7-10;1-7(2)9(8(3)4)5-10-6-9;1-7(2)9(8(3)4)5-6-10-9;9*1-3-2/h12H,6-11H2,1-5H3;10-11H,5-9H2,1-4H3;9-10H,5-8H2,1-4H3;2*8-9,11H,5-7H2,1-4H3;8H,6-7H2,1-5H3;8-9H,5-7H2,1-4H3;2*7-8,10H,5-6H2,1-4H3;9*3H2,1-2H3. The maximum atomic E-state index is 3.67. The van der Waals surface area contributed by atoms with Crippen molar-refractivity contribution in [2.75, 3.05) is 39.3 Å². The second-order valence-corrected chi connectivity index (χ2v) is 49.2. The topological polar surface area (TPSA) is 48.1 Å². The van der Waals surface area contributed by atoms with E-state index in [1.54, 1.807) is 0 Å². The lowest BCUT2D eigenvalue weighted by molar-refractivity contribution is 0.0133. The van der Waals surface area contributed by atoms with Crippen molar-refractivity contribution < 1.29 is 0 Å². The third-order valence-electron chi connectivity index (χ3n) is 32.5. The third kappa shape index (κ3) is 51.3. The Kier molecular flexibility index (Phi) is 88.7. The average Bonchev–Trinajstić information content (AvgIpc) is 1.59. The molecule has 4 heteroatoms. The number of hydrogen-bond acceptors (Lipinski definition) is 4. The van der Waals surface area contributed by atoms with Crippen LogP contribution in [0, 0.1) is 143 Å². The molecule has 4 aliphatic heterocycles. The fraction of sp³-hybridized carbons (Fsp3) is 1.00. The van der Waals surface area contributed by atoms with Crippen LogP contribution in [0.3, 0.4) is 0 Å². The van der Waals surface area contributed by atoms with Crippen molar-refractivity contribution in [3.05, 3.63) is 0 Å². The van der Waals surface area contributed by atoms with Gasteiger partial charge >= 0.3 is 0 Å². The molecule has 0 aromatic rings. The molecule has 4 nitrogen and oxygen atoms in total. The summed E-state index contributed by atoms with van der Waals surface area (Å²) in [4.78, 5) is 0. The molecular formula is C122H266N4. The van der Waals surface area contributed by atoms with Crippen LogP contribution < -0.4 is 21.3 Å². The first-order valence-corrected chi connectivity index (χ1v) is 57.1. The van der Waals surface area contributed by atoms with Crippen LogP contribution in [0.15, 0.2) is 0 Å². The summed E-state index contributed by atoms with van der Waals surface area (Å²) in [6.45, 7) is 136. The molecule has 9 rings (SSSR count). The van der Waals surface area contributed by atoms with E-state index in [1.807, 2.05) is 0 Å². The summed E-state index contributed by atoms with van der Waals surface area (Å²) in [5.74, 6) is 13.4. The Balaban J connectivity index is -0.000000169. The zero-order chi connectivity index (χ0) is 101. The van der Waals surface area contributed by atoms with Gasteiger partial charge in [0.25, 0.3) is 0 Å². The number of hydrogen-bond donors (Lipinski definition) is 4. The maximum absolute atomic E-state index is 3.67. The minimum absolute atomic E-state index is 0.444. The van der Waals surface area contributed by atoms with Crippen molar-refractivity contribution in [2.24, 2.45) is 143 Å². The normalized spacial score (nSPS) is 19.7. The summed E-state index contributed by atoms with van der Waals surface area (Å²) in [7, 11) is 0. The largest absolute Gasteiger partial charge is 0.316 e. The first-order valence-electron chi connectivity index (χ1n) is 57.1. The van der Waals surface area contributed by atoms with E-state index in [4.69, 9.17) is 0 Å². The number of nitrogens with one attached hydrogen (secondary N) is 4. The van der Waals surface area contributed by atoms with Gasteiger partial charge in [0.05, 0.1) is 0 Å². The Morgan fingerprint density at radius 3 is 0.476 bits per heavy atom. The molecule has 4 heterocycles. The van der Waals surface area contributed by atoms with Crippen molar-refractivity contribution in [1.82, 2.24) is 21.3 Å². The second-order valence-electron chi connectivity index (χ2n) is 49.2. The van der Waals surface area contributed by atoms with Crippen LogP contribution in [0.4, 0.5) is 0 Å². The van der Waals surface area contributed by atoms with E-state index in [9.17, 15) is 0 Å². The molecule has 9 aliphatic rings. The highest BCUT2D eigenvalue weighted by Crippen LogP contribution is 2.63. The fourth-order valence-electron chi connectivity index (χ4n) is 23.0. The van der Waals surface area contributed by atoms with Crippen LogP contribution in [0.2, 0.25) is 0 Å². The van der Waals surface area contributed by atoms with E-state index in [1.165, 1.54) is 251 Å². The number of rotatable bonds is 16. The summed E-state index contributed by atoms with van der Waals surface area (Å²) in [6, 6.07) is 0. The van der Waals surface area contributed by atoms with Gasteiger partial charge in [-0.15, -0.1) is 0 Å². The summed E-state index contributed by atoms with van der Waals surface area (Å²) in [5.41, 5.74) is 6.50. The highest BCUT2D eigenvalue weighted by molar-refractivity contribution is 5.05. The van der Waals surface area contributed by atoms with E-state index < -0.39 is 0 Å². The Morgan fingerprint density at radius 2 is 0.381 bits per heavy atom. The van der Waals surface area contributed by atoms with Crippen molar-refractivity contribution in [3.63, 3.8) is 0 Å². The smallest absolute Gasteiger partial charge is 0.0239 e. The van der Waals surface area contributed by atoms with E-state index in [0.717, 1.165) is 100 Å². The molecule has 0 unspecified atom stereocenters. The molecule has 5 saturated carbocycles. The molecule has 0 atom stereocenters. The zero-order valence-electron chi connectivity index (χ0n) is 100. The minimum atomic E-state index is 0.444. The van der Waals surface area contributed by atoms with Gasteiger partial charge in [-0.05, 0) is 253 Å². The molecule has 9 fully saturated rings. The lowest BCUT2D eigenvalue weighted by Crippen LogP contribution is -2.63. The average molecular weight is 1790 g/mol. The predicted octanol–water partition coefficient (Wildman–Crippen LogP) is 41.4. The van der Waals surface area contributed by atoms with Crippen LogP contribution in [-0.4, -0.2) is 50.3 Å². The van der Waals surface area contributed by atoms with Crippen molar-refractivity contribution >= 4 is 0 Å². The molecule has 0 bridgehead atoms. The van der Waals surface area contributed by atoms with E-state index in [0.29, 0.717) is 54.4 Å². The molecule has 0 amide bonds. The highest BCUT2D eigenvalue weighted by atomic mass is 15.1. The molecule has 0 radical (unpaired) electrons. The summed E-state index contributed by atoms with van der Waals surface area (Å²) < 4.78 is 0. The predicted molar refractivity (Wildman–Crippen MR) is 595 cm³/mol. The van der Waals surface area contributed by atoms with Gasteiger partial charge < -0.3 is 21.3 Å². The third-order valence-corrected chi connectivity index (χ3v) is 32.5. The van der Waals surface area contributed by atoms with Gasteiger partial charge in [0.2, 0.25) is 0 Å². The molecule has 0 aromatic heterocycles. The quantitative estimate of drug-likeness (QED) is 0.116. The molecule has 126 heavy (non-hydrogen) atoms. The highest BCUT2D eigenvalue weighted by Gasteiger charge is 2.54. The van der Waals surface area contributed by atoms with E-state index in [-0.39, 0.29) is 0 Å². The maximum Gasteiger partial charge on any atom is 0.0239 e. The van der Waals surface area contributed by atoms with Crippen LogP contribution >= 0.6 is 0 Å². The van der Waals surface area contributed by atoms with Crippen molar-refractivity contribution in [3.8, 4) is 0 Å². The van der Waals surface area contributed by atoms with Gasteiger partial charge in [-0.1, -0.05) is 510 Å². The molecule has 5 aliphatic carbocycles. The van der Waals surface area contributed by atoms with Gasteiger partial charge in [0, 0.05) is 30.7 Å². The van der Waals surface area contributed by atoms with Crippen molar-refractivity contribution in [2.45, 2.75) is 611 Å². The monoisotopic (exact) mass is 1790 g/mol. The summed E-state index contributed by atoms with van der Waals surface area (Å²) in [5, 5.41) is 14.1. The van der Waals surface area contributed by atoms with Gasteiger partial charge in [0.1, 0.15) is 0 Å². The molecule has 774 valence electrons. The molecule has 4 saturated heterocycles. The molecule has 0 spiro atoms. The molecule has 0 aromatic carbocycles. The van der Waals surface area contributed by atoms with E-state index in [2.05, 4.69) is 409 Å². The first kappa shape index (κ1) is 144. The van der Waals surface area contributed by atoms with Gasteiger partial charge in [0.15, 0.2) is 0 Å². The fourth-order valence-corrected chi connectivity index (χ4v) is 23.0. The van der Waals surface area contributed by atoms with E-state index >= 15 is 0 Å². The van der Waals surface area contributed by atoms with Gasteiger partial charge in [-0.3, -0.25) is 0 Å². The van der Waals surface area contributed by atoms with Gasteiger partial charge in [-0.2, -0.15) is 0 Å². The van der Waals surface area contributed by atoms with Crippen LogP contribution in [0.25, 0.3) is 0 Å². The van der Waals surface area contributed by atoms with Crippen LogP contribution in [-0.2, 0) is 0 Å². The Morgan fingerprint density at radius 1 is 0.175 bits per heavy atom. The second kappa shape index (κ2) is 77.8. The first-order chi connectivity index (χ1) is 58.2. The SMILES string of the molecule is CC(C)C1(C(C)(C)C)CC1.CC(C)C1(C(C)(C)C)CCCCCC1.CC(C)C1(C(C)C)CCC1.CC(C)C1(C(C)C)CCCC1.CC(C)C1(C(C)C)CCCCC1.CC(C)C1(C(C)C)CCCN1.CC(C)C1(C(C)C)CCN1.CC(C)C1(C(C)C)CCNC1.CC(C)C1(C(C)C)CNC1.CCC.CCC.CCC.CCC.CCC.CCC.CCC.CCC.CCC. The Bertz CT molecular complexity index is 1940. The lowest BCUT2D eigenvalue weighted by atomic mass is 9.56. The Labute approximate surface area is 809 Å². The molecule has 4 N–H and O–H groups in total. The summed E-state index contributed by atoms with van der Waals surface area (Å²) in [6.07, 6.45) is 46.0. The minimum Gasteiger partial charge on any atom is -0.316 e. The summed E-state index contributed by atoms with van der Waals surface area (Å²) >= 11 is 0. The van der Waals surface area contributed by atoms with Gasteiger partial charge in [-0.25, -0.2) is 0 Å². The lowest BCUT2D eigenvalue weighted by Gasteiger charge is -2.50. The molecular weight excluding hydrogens is 1520 g/mol. The Hall–Kier alpha value is -0.160. The van der Waals surface area contributed by atoms with Crippen LogP contribution in [0.5, 0.6) is 0 Å².